The number of nitrogens with zero attached hydrogens (tertiary/aromatic N) is 2. The minimum absolute atomic E-state index is 0.439. The number of rotatable bonds is 3. The van der Waals surface area contributed by atoms with Crippen molar-refractivity contribution in [1.82, 2.24) is 10.2 Å². The monoisotopic (exact) mass is 211 g/mol. The van der Waals surface area contributed by atoms with Crippen LogP contribution in [0.2, 0.25) is 5.15 Å². The van der Waals surface area contributed by atoms with Crippen LogP contribution in [0.4, 0.5) is 5.69 Å². The van der Waals surface area contributed by atoms with E-state index in [4.69, 9.17) is 11.6 Å². The lowest BCUT2D eigenvalue weighted by Crippen LogP contribution is -2.33. The Morgan fingerprint density at radius 3 is 2.93 bits per heavy atom. The Kier molecular flexibility index (Phi) is 2.59. The largest absolute Gasteiger partial charge is 0.383 e. The Balaban J connectivity index is 1.91. The van der Waals surface area contributed by atoms with Crippen LogP contribution >= 0.6 is 11.6 Å². The van der Waals surface area contributed by atoms with Gasteiger partial charge < -0.3 is 5.32 Å². The molecule has 0 radical (unpaired) electrons. The van der Waals surface area contributed by atoms with Crippen LogP contribution in [0.1, 0.15) is 26.2 Å². The molecule has 0 saturated heterocycles. The van der Waals surface area contributed by atoms with Crippen molar-refractivity contribution in [2.45, 2.75) is 26.2 Å². The van der Waals surface area contributed by atoms with E-state index >= 15 is 0 Å². The molecule has 1 N–H and O–H groups in total. The molecule has 1 heterocycles. The first-order valence-corrected chi connectivity index (χ1v) is 5.28. The maximum absolute atomic E-state index is 5.73. The van der Waals surface area contributed by atoms with Gasteiger partial charge in [-0.15, -0.1) is 5.10 Å². The Hall–Kier alpha value is -0.830. The average molecular weight is 212 g/mol. The molecule has 14 heavy (non-hydrogen) atoms. The molecule has 4 heteroatoms. The predicted octanol–water partition coefficient (Wildman–Crippen LogP) is 2.73. The van der Waals surface area contributed by atoms with Crippen molar-refractivity contribution >= 4 is 17.3 Å². The Morgan fingerprint density at radius 1 is 1.57 bits per heavy atom. The Labute approximate surface area is 88.9 Å². The maximum Gasteiger partial charge on any atom is 0.153 e. The third-order valence-electron chi connectivity index (χ3n) is 2.90. The number of hydrogen-bond acceptors (Lipinski definition) is 3. The first kappa shape index (κ1) is 9.71. The van der Waals surface area contributed by atoms with Gasteiger partial charge in [0.1, 0.15) is 0 Å². The third-order valence-corrected chi connectivity index (χ3v) is 3.09. The van der Waals surface area contributed by atoms with Gasteiger partial charge in [0.2, 0.25) is 0 Å². The summed E-state index contributed by atoms with van der Waals surface area (Å²) in [5.74, 6) is 0. The molecule has 76 valence electrons. The highest BCUT2D eigenvalue weighted by molar-refractivity contribution is 6.29. The molecule has 0 bridgehead atoms. The highest BCUT2D eigenvalue weighted by atomic mass is 35.5. The van der Waals surface area contributed by atoms with E-state index in [9.17, 15) is 0 Å². The highest BCUT2D eigenvalue weighted by Gasteiger charge is 2.31. The summed E-state index contributed by atoms with van der Waals surface area (Å²) in [5, 5.41) is 11.3. The van der Waals surface area contributed by atoms with Gasteiger partial charge in [0.05, 0.1) is 11.9 Å². The van der Waals surface area contributed by atoms with E-state index in [0.29, 0.717) is 10.6 Å². The smallest absolute Gasteiger partial charge is 0.153 e. The van der Waals surface area contributed by atoms with Crippen LogP contribution in [0.3, 0.4) is 0 Å². The fourth-order valence-corrected chi connectivity index (χ4v) is 1.87. The van der Waals surface area contributed by atoms with E-state index < -0.39 is 0 Å². The molecule has 1 fully saturated rings. The zero-order valence-electron chi connectivity index (χ0n) is 8.26. The lowest BCUT2D eigenvalue weighted by molar-refractivity contribution is 0.180. The Morgan fingerprint density at radius 2 is 2.36 bits per heavy atom. The minimum atomic E-state index is 0.439. The second-order valence-corrected chi connectivity index (χ2v) is 4.67. The van der Waals surface area contributed by atoms with Crippen molar-refractivity contribution in [2.75, 3.05) is 11.9 Å². The quantitative estimate of drug-likeness (QED) is 0.836. The van der Waals surface area contributed by atoms with Crippen LogP contribution < -0.4 is 5.32 Å². The molecule has 1 aromatic rings. The molecule has 1 saturated carbocycles. The molecule has 1 aromatic heterocycles. The number of aromatic nitrogens is 2. The first-order chi connectivity index (χ1) is 6.68. The molecule has 3 nitrogen and oxygen atoms in total. The molecular weight excluding hydrogens is 198 g/mol. The van der Waals surface area contributed by atoms with Gasteiger partial charge in [-0.1, -0.05) is 24.9 Å². The van der Waals surface area contributed by atoms with Crippen molar-refractivity contribution in [1.29, 1.82) is 0 Å². The van der Waals surface area contributed by atoms with Gasteiger partial charge >= 0.3 is 0 Å². The van der Waals surface area contributed by atoms with Crippen LogP contribution in [0.5, 0.6) is 0 Å². The normalized spacial score (nSPS) is 18.7. The molecular formula is C10H14ClN3. The summed E-state index contributed by atoms with van der Waals surface area (Å²) in [7, 11) is 0. The number of nitrogens with one attached hydrogen (secondary N) is 1. The molecule has 2 rings (SSSR count). The SMILES string of the molecule is CC1(CNc2cnnc(Cl)c2)CCC1. The van der Waals surface area contributed by atoms with Gasteiger partial charge in [-0.2, -0.15) is 5.10 Å². The standard InChI is InChI=1S/C10H14ClN3/c1-10(3-2-4-10)7-12-8-5-9(11)14-13-6-8/h5-6H,2-4,7H2,1H3,(H,12,14). The van der Waals surface area contributed by atoms with Gasteiger partial charge in [-0.05, 0) is 18.3 Å². The van der Waals surface area contributed by atoms with Gasteiger partial charge in [-0.25, -0.2) is 0 Å². The van der Waals surface area contributed by atoms with E-state index in [-0.39, 0.29) is 0 Å². The molecule has 0 aromatic carbocycles. The van der Waals surface area contributed by atoms with E-state index in [2.05, 4.69) is 22.4 Å². The highest BCUT2D eigenvalue weighted by Crippen LogP contribution is 2.40. The average Bonchev–Trinajstić information content (AvgIpc) is 2.12. The molecule has 0 amide bonds. The summed E-state index contributed by atoms with van der Waals surface area (Å²) in [6.45, 7) is 3.30. The molecule has 0 unspecified atom stereocenters. The summed E-state index contributed by atoms with van der Waals surface area (Å²) >= 11 is 5.73. The predicted molar refractivity (Wildman–Crippen MR) is 57.5 cm³/mol. The number of hydrogen-bond donors (Lipinski definition) is 1. The van der Waals surface area contributed by atoms with Gasteiger partial charge in [0.25, 0.3) is 0 Å². The van der Waals surface area contributed by atoms with Crippen molar-refractivity contribution in [2.24, 2.45) is 5.41 Å². The zero-order valence-corrected chi connectivity index (χ0v) is 9.01. The molecule has 0 aliphatic heterocycles. The zero-order chi connectivity index (χ0) is 10.0. The maximum atomic E-state index is 5.73. The number of halogens is 1. The van der Waals surface area contributed by atoms with E-state index in [1.165, 1.54) is 19.3 Å². The van der Waals surface area contributed by atoms with Crippen molar-refractivity contribution in [3.63, 3.8) is 0 Å². The van der Waals surface area contributed by atoms with Crippen LogP contribution in [-0.2, 0) is 0 Å². The summed E-state index contributed by atoms with van der Waals surface area (Å²) in [6, 6.07) is 1.80. The lowest BCUT2D eigenvalue weighted by atomic mass is 9.70. The topological polar surface area (TPSA) is 37.8 Å². The van der Waals surface area contributed by atoms with Crippen LogP contribution in [0.25, 0.3) is 0 Å². The lowest BCUT2D eigenvalue weighted by Gasteiger charge is -2.38. The van der Waals surface area contributed by atoms with Crippen LogP contribution in [0.15, 0.2) is 12.3 Å². The summed E-state index contributed by atoms with van der Waals surface area (Å²) in [4.78, 5) is 0. The second kappa shape index (κ2) is 3.73. The van der Waals surface area contributed by atoms with Gasteiger partial charge in [0, 0.05) is 12.6 Å². The van der Waals surface area contributed by atoms with E-state index in [0.717, 1.165) is 12.2 Å². The molecule has 1 aliphatic rings. The van der Waals surface area contributed by atoms with Gasteiger partial charge in [0.15, 0.2) is 5.15 Å². The van der Waals surface area contributed by atoms with Gasteiger partial charge in [-0.3, -0.25) is 0 Å². The van der Waals surface area contributed by atoms with Crippen LogP contribution in [0, 0.1) is 5.41 Å². The number of anilines is 1. The van der Waals surface area contributed by atoms with Crippen molar-refractivity contribution in [3.05, 3.63) is 17.4 Å². The fraction of sp³-hybridized carbons (Fsp3) is 0.600. The molecule has 0 atom stereocenters. The van der Waals surface area contributed by atoms with Crippen LogP contribution in [-0.4, -0.2) is 16.7 Å². The Bertz CT molecular complexity index is 323. The van der Waals surface area contributed by atoms with Crippen molar-refractivity contribution in [3.8, 4) is 0 Å². The summed E-state index contributed by atoms with van der Waals surface area (Å²) in [6.07, 6.45) is 5.68. The molecule has 1 aliphatic carbocycles. The fourth-order valence-electron chi connectivity index (χ4n) is 1.71. The first-order valence-electron chi connectivity index (χ1n) is 4.90. The van der Waals surface area contributed by atoms with E-state index in [1.807, 2.05) is 0 Å². The minimum Gasteiger partial charge on any atom is -0.383 e. The second-order valence-electron chi connectivity index (χ2n) is 4.28. The van der Waals surface area contributed by atoms with E-state index in [1.54, 1.807) is 12.3 Å². The van der Waals surface area contributed by atoms with Crippen molar-refractivity contribution < 1.29 is 0 Å². The summed E-state index contributed by atoms with van der Waals surface area (Å²) in [5.41, 5.74) is 1.42. The summed E-state index contributed by atoms with van der Waals surface area (Å²) < 4.78 is 0. The molecule has 0 spiro atoms. The third kappa shape index (κ3) is 2.15.